The first-order chi connectivity index (χ1) is 13.1. The molecule has 1 aromatic heterocycles. The van der Waals surface area contributed by atoms with Crippen LogP contribution in [0.1, 0.15) is 5.89 Å². The van der Waals surface area contributed by atoms with E-state index in [2.05, 4.69) is 15.5 Å². The number of carbonyl (C=O) groups excluding carboxylic acids is 1. The van der Waals surface area contributed by atoms with Crippen molar-refractivity contribution < 1.29 is 18.8 Å². The van der Waals surface area contributed by atoms with Gasteiger partial charge in [0.1, 0.15) is 18.0 Å². The Balaban J connectivity index is 1.64. The molecule has 0 fully saturated rings. The first-order valence-corrected chi connectivity index (χ1v) is 8.23. The van der Waals surface area contributed by atoms with Crippen LogP contribution >= 0.6 is 0 Å². The summed E-state index contributed by atoms with van der Waals surface area (Å²) in [5, 5.41) is 6.75. The Bertz CT molecular complexity index is 908. The lowest BCUT2D eigenvalue weighted by Gasteiger charge is -2.17. The van der Waals surface area contributed by atoms with E-state index in [9.17, 15) is 4.79 Å². The van der Waals surface area contributed by atoms with Crippen molar-refractivity contribution in [1.82, 2.24) is 15.0 Å². The third kappa shape index (κ3) is 4.35. The van der Waals surface area contributed by atoms with Gasteiger partial charge in [-0.2, -0.15) is 4.98 Å². The first kappa shape index (κ1) is 18.2. The van der Waals surface area contributed by atoms with Crippen molar-refractivity contribution in [2.45, 2.75) is 6.54 Å². The summed E-state index contributed by atoms with van der Waals surface area (Å²) >= 11 is 0. The zero-order chi connectivity index (χ0) is 19.2. The number of para-hydroxylation sites is 2. The molecule has 3 aromatic rings. The van der Waals surface area contributed by atoms with Crippen molar-refractivity contribution in [3.63, 3.8) is 0 Å². The summed E-state index contributed by atoms with van der Waals surface area (Å²) in [4.78, 5) is 18.2. The minimum Gasteiger partial charge on any atom is -0.497 e. The van der Waals surface area contributed by atoms with Crippen LogP contribution in [0.2, 0.25) is 0 Å². The van der Waals surface area contributed by atoms with Gasteiger partial charge in [0.2, 0.25) is 11.7 Å². The highest BCUT2D eigenvalue weighted by molar-refractivity contribution is 5.90. The van der Waals surface area contributed by atoms with E-state index in [0.29, 0.717) is 23.2 Å². The normalized spacial score (nSPS) is 10.3. The molecule has 0 aliphatic rings. The maximum Gasteiger partial charge on any atom is 0.322 e. The molecular weight excluding hydrogens is 348 g/mol. The molecule has 0 bridgehead atoms. The highest BCUT2D eigenvalue weighted by Gasteiger charge is 2.16. The van der Waals surface area contributed by atoms with Gasteiger partial charge in [-0.25, -0.2) is 4.79 Å². The van der Waals surface area contributed by atoms with Gasteiger partial charge in [-0.15, -0.1) is 0 Å². The molecule has 1 N–H and O–H groups in total. The minimum atomic E-state index is -0.316. The fraction of sp³-hybridized carbons (Fsp3) is 0.211. The molecule has 0 saturated carbocycles. The molecule has 0 aliphatic heterocycles. The predicted molar refractivity (Wildman–Crippen MR) is 99.8 cm³/mol. The molecule has 140 valence electrons. The van der Waals surface area contributed by atoms with E-state index >= 15 is 0 Å². The van der Waals surface area contributed by atoms with Crippen molar-refractivity contribution in [1.29, 1.82) is 0 Å². The average Bonchev–Trinajstić information content (AvgIpc) is 3.16. The first-order valence-electron chi connectivity index (χ1n) is 8.23. The largest absolute Gasteiger partial charge is 0.497 e. The number of hydrogen-bond acceptors (Lipinski definition) is 6. The Kier molecular flexibility index (Phi) is 5.55. The summed E-state index contributed by atoms with van der Waals surface area (Å²) in [6.07, 6.45) is 0. The number of ether oxygens (including phenoxy) is 2. The zero-order valence-corrected chi connectivity index (χ0v) is 15.3. The highest BCUT2D eigenvalue weighted by atomic mass is 16.5. The Hall–Kier alpha value is -3.55. The third-order valence-corrected chi connectivity index (χ3v) is 3.88. The monoisotopic (exact) mass is 368 g/mol. The second kappa shape index (κ2) is 8.22. The van der Waals surface area contributed by atoms with Gasteiger partial charge in [0.25, 0.3) is 0 Å². The van der Waals surface area contributed by atoms with Crippen LogP contribution in [0.4, 0.5) is 10.5 Å². The molecule has 8 nitrogen and oxygen atoms in total. The summed E-state index contributed by atoms with van der Waals surface area (Å²) < 4.78 is 15.6. The van der Waals surface area contributed by atoms with E-state index in [1.54, 1.807) is 33.4 Å². The molecule has 2 aromatic carbocycles. The van der Waals surface area contributed by atoms with E-state index in [1.165, 1.54) is 4.90 Å². The van der Waals surface area contributed by atoms with Gasteiger partial charge >= 0.3 is 6.03 Å². The van der Waals surface area contributed by atoms with Gasteiger partial charge in [0, 0.05) is 12.6 Å². The van der Waals surface area contributed by atoms with Gasteiger partial charge < -0.3 is 24.2 Å². The van der Waals surface area contributed by atoms with Crippen molar-refractivity contribution in [2.24, 2.45) is 0 Å². The van der Waals surface area contributed by atoms with Crippen molar-refractivity contribution in [3.05, 3.63) is 54.4 Å². The van der Waals surface area contributed by atoms with Gasteiger partial charge in [0.15, 0.2) is 0 Å². The van der Waals surface area contributed by atoms with Crippen molar-refractivity contribution >= 4 is 11.7 Å². The average molecular weight is 368 g/mol. The molecule has 0 atom stereocenters. The fourth-order valence-corrected chi connectivity index (χ4v) is 2.41. The number of urea groups is 1. The van der Waals surface area contributed by atoms with Crippen LogP contribution < -0.4 is 14.8 Å². The van der Waals surface area contributed by atoms with Crippen LogP contribution in [0.5, 0.6) is 11.5 Å². The third-order valence-electron chi connectivity index (χ3n) is 3.88. The fourth-order valence-electron chi connectivity index (χ4n) is 2.41. The quantitative estimate of drug-likeness (QED) is 0.717. The number of nitrogens with one attached hydrogen (secondary N) is 1. The SMILES string of the molecule is COc1ccc(-c2noc(CN(C)C(=O)Nc3ccccc3OC)n2)cc1. The van der Waals surface area contributed by atoms with E-state index in [0.717, 1.165) is 11.3 Å². The molecule has 3 rings (SSSR count). The lowest BCUT2D eigenvalue weighted by Crippen LogP contribution is -2.31. The van der Waals surface area contributed by atoms with E-state index < -0.39 is 0 Å². The molecule has 0 spiro atoms. The molecule has 0 unspecified atom stereocenters. The number of methoxy groups -OCH3 is 2. The van der Waals surface area contributed by atoms with Crippen molar-refractivity contribution in [3.8, 4) is 22.9 Å². The Morgan fingerprint density at radius 1 is 1.11 bits per heavy atom. The summed E-state index contributed by atoms with van der Waals surface area (Å²) in [5.41, 5.74) is 1.38. The predicted octanol–water partition coefficient (Wildman–Crippen LogP) is 3.42. The summed E-state index contributed by atoms with van der Waals surface area (Å²) in [6.45, 7) is 0.171. The van der Waals surface area contributed by atoms with Gasteiger partial charge in [-0.3, -0.25) is 0 Å². The molecule has 0 radical (unpaired) electrons. The molecule has 2 amide bonds. The van der Waals surface area contributed by atoms with Gasteiger partial charge in [-0.05, 0) is 36.4 Å². The molecule has 0 saturated heterocycles. The minimum absolute atomic E-state index is 0.171. The second-order valence-electron chi connectivity index (χ2n) is 5.73. The molecule has 8 heteroatoms. The lowest BCUT2D eigenvalue weighted by atomic mass is 10.2. The van der Waals surface area contributed by atoms with Crippen LogP contribution in [0, 0.1) is 0 Å². The Labute approximate surface area is 156 Å². The number of amides is 2. The maximum atomic E-state index is 12.4. The second-order valence-corrected chi connectivity index (χ2v) is 5.73. The number of rotatable bonds is 6. The zero-order valence-electron chi connectivity index (χ0n) is 15.3. The van der Waals surface area contributed by atoms with Gasteiger partial charge in [0.05, 0.1) is 19.9 Å². The number of carbonyl (C=O) groups is 1. The Morgan fingerprint density at radius 3 is 2.56 bits per heavy atom. The lowest BCUT2D eigenvalue weighted by molar-refractivity contribution is 0.213. The number of benzene rings is 2. The topological polar surface area (TPSA) is 89.7 Å². The Morgan fingerprint density at radius 2 is 1.85 bits per heavy atom. The van der Waals surface area contributed by atoms with Gasteiger partial charge in [-0.1, -0.05) is 17.3 Å². The molecule has 1 heterocycles. The maximum absolute atomic E-state index is 12.4. The van der Waals surface area contributed by atoms with Crippen LogP contribution in [0.3, 0.4) is 0 Å². The smallest absolute Gasteiger partial charge is 0.322 e. The number of hydrogen-bond donors (Lipinski definition) is 1. The standard InChI is InChI=1S/C19H20N4O4/c1-23(19(24)20-15-6-4-5-7-16(15)26-3)12-17-21-18(22-27-17)13-8-10-14(25-2)11-9-13/h4-11H,12H2,1-3H3,(H,20,24). The van der Waals surface area contributed by atoms with Crippen LogP contribution in [0.15, 0.2) is 53.1 Å². The number of anilines is 1. The van der Waals surface area contributed by atoms with E-state index in [-0.39, 0.29) is 12.6 Å². The number of nitrogens with zero attached hydrogens (tertiary/aromatic N) is 3. The van der Waals surface area contributed by atoms with Crippen molar-refractivity contribution in [2.75, 3.05) is 26.6 Å². The number of aromatic nitrogens is 2. The van der Waals surface area contributed by atoms with E-state index in [4.69, 9.17) is 14.0 Å². The highest BCUT2D eigenvalue weighted by Crippen LogP contribution is 2.23. The van der Waals surface area contributed by atoms with Crippen LogP contribution in [-0.4, -0.2) is 42.3 Å². The van der Waals surface area contributed by atoms with E-state index in [1.807, 2.05) is 36.4 Å². The summed E-state index contributed by atoms with van der Waals surface area (Å²) in [5.74, 6) is 2.11. The summed E-state index contributed by atoms with van der Waals surface area (Å²) in [7, 11) is 4.79. The summed E-state index contributed by atoms with van der Waals surface area (Å²) in [6, 6.07) is 14.2. The van der Waals surface area contributed by atoms with Crippen LogP contribution in [-0.2, 0) is 6.54 Å². The van der Waals surface area contributed by atoms with Crippen LogP contribution in [0.25, 0.3) is 11.4 Å². The molecular formula is C19H20N4O4. The molecule has 27 heavy (non-hydrogen) atoms. The molecule has 0 aliphatic carbocycles.